The van der Waals surface area contributed by atoms with E-state index in [4.69, 9.17) is 14.2 Å². The smallest absolute Gasteiger partial charge is 0.174 e. The number of ketones is 1. The minimum Gasteiger partial charge on any atom is -0.490 e. The number of rotatable bonds is 7. The van der Waals surface area contributed by atoms with E-state index in [0.717, 1.165) is 46.3 Å². The average molecular weight is 375 g/mol. The number of Topliss-reactive ketones (excluding diaryl/α,β-unsaturated/α-hetero) is 1. The van der Waals surface area contributed by atoms with Crippen molar-refractivity contribution in [3.8, 4) is 11.5 Å². The van der Waals surface area contributed by atoms with Crippen LogP contribution < -0.4 is 9.47 Å². The summed E-state index contributed by atoms with van der Waals surface area (Å²) in [6.45, 7) is 6.75. The largest absolute Gasteiger partial charge is 0.490 e. The van der Waals surface area contributed by atoms with Crippen molar-refractivity contribution in [2.24, 2.45) is 0 Å². The van der Waals surface area contributed by atoms with Gasteiger partial charge in [-0.25, -0.2) is 0 Å². The van der Waals surface area contributed by atoms with Gasteiger partial charge in [-0.3, -0.25) is 4.79 Å². The summed E-state index contributed by atoms with van der Waals surface area (Å²) in [4.78, 5) is 13.7. The van der Waals surface area contributed by atoms with Gasteiger partial charge in [0.2, 0.25) is 0 Å². The highest BCUT2D eigenvalue weighted by molar-refractivity contribution is 8.00. The van der Waals surface area contributed by atoms with Gasteiger partial charge in [0.05, 0.1) is 25.6 Å². The van der Waals surface area contributed by atoms with Crippen molar-refractivity contribution in [1.82, 2.24) is 4.57 Å². The summed E-state index contributed by atoms with van der Waals surface area (Å²) in [6.07, 6.45) is 0.883. The third-order valence-corrected chi connectivity index (χ3v) is 5.48. The molecule has 3 rings (SSSR count). The number of carbonyl (C=O) groups is 1. The lowest BCUT2D eigenvalue weighted by atomic mass is 10.2. The molecule has 0 saturated carbocycles. The lowest BCUT2D eigenvalue weighted by Gasteiger charge is -2.10. The fourth-order valence-electron chi connectivity index (χ4n) is 3.07. The first-order valence-electron chi connectivity index (χ1n) is 8.81. The van der Waals surface area contributed by atoms with Crippen LogP contribution in [0.25, 0.3) is 0 Å². The number of aromatic nitrogens is 1. The van der Waals surface area contributed by atoms with Crippen molar-refractivity contribution in [2.75, 3.05) is 32.7 Å². The maximum Gasteiger partial charge on any atom is 0.174 e. The molecule has 1 aromatic carbocycles. The van der Waals surface area contributed by atoms with Gasteiger partial charge in [-0.1, -0.05) is 0 Å². The van der Waals surface area contributed by atoms with E-state index in [-0.39, 0.29) is 5.78 Å². The van der Waals surface area contributed by atoms with Crippen LogP contribution in [0.2, 0.25) is 0 Å². The fourth-order valence-corrected chi connectivity index (χ4v) is 3.88. The molecule has 2 heterocycles. The molecule has 140 valence electrons. The average Bonchev–Trinajstić information content (AvgIpc) is 2.80. The summed E-state index contributed by atoms with van der Waals surface area (Å²) < 4.78 is 18.7. The Bertz CT molecular complexity index is 784. The summed E-state index contributed by atoms with van der Waals surface area (Å²) in [7, 11) is 1.69. The highest BCUT2D eigenvalue weighted by Gasteiger charge is 2.17. The molecule has 0 radical (unpaired) electrons. The molecule has 0 N–H and O–H groups in total. The topological polar surface area (TPSA) is 49.7 Å². The van der Waals surface area contributed by atoms with Gasteiger partial charge in [0.15, 0.2) is 17.3 Å². The third-order valence-electron chi connectivity index (χ3n) is 4.48. The first-order chi connectivity index (χ1) is 12.6. The standard InChI is InChI=1S/C20H25NO4S/c1-14-11-17(15(2)21(14)7-10-23-3)18(22)13-26-16-5-6-19-20(12-16)25-9-4-8-24-19/h5-6,11-12H,4,7-10,13H2,1-3H3. The van der Waals surface area contributed by atoms with Crippen LogP contribution in [0.5, 0.6) is 11.5 Å². The van der Waals surface area contributed by atoms with Crippen molar-refractivity contribution in [3.63, 3.8) is 0 Å². The zero-order chi connectivity index (χ0) is 18.5. The van der Waals surface area contributed by atoms with Crippen molar-refractivity contribution >= 4 is 17.5 Å². The summed E-state index contributed by atoms with van der Waals surface area (Å²) in [6, 6.07) is 7.83. The highest BCUT2D eigenvalue weighted by Crippen LogP contribution is 2.34. The molecule has 1 aliphatic heterocycles. The van der Waals surface area contributed by atoms with Crippen LogP contribution in [0.1, 0.15) is 28.2 Å². The van der Waals surface area contributed by atoms with E-state index in [9.17, 15) is 4.79 Å². The molecule has 0 spiro atoms. The number of benzene rings is 1. The molecule has 0 bridgehead atoms. The van der Waals surface area contributed by atoms with Crippen molar-refractivity contribution in [3.05, 3.63) is 41.2 Å². The molecule has 0 unspecified atom stereocenters. The molecule has 1 aliphatic rings. The molecule has 5 nitrogen and oxygen atoms in total. The van der Waals surface area contributed by atoms with Crippen LogP contribution in [-0.4, -0.2) is 43.0 Å². The van der Waals surface area contributed by atoms with E-state index in [0.29, 0.717) is 25.6 Å². The van der Waals surface area contributed by atoms with Gasteiger partial charge in [0, 0.05) is 41.9 Å². The number of carbonyl (C=O) groups excluding carboxylic acids is 1. The van der Waals surface area contributed by atoms with E-state index in [1.165, 1.54) is 11.8 Å². The number of nitrogens with zero attached hydrogens (tertiary/aromatic N) is 1. The Morgan fingerprint density at radius 1 is 1.19 bits per heavy atom. The van der Waals surface area contributed by atoms with Crippen LogP contribution in [-0.2, 0) is 11.3 Å². The second kappa shape index (κ2) is 8.64. The Kier molecular flexibility index (Phi) is 6.27. The molecule has 2 aromatic rings. The Morgan fingerprint density at radius 2 is 1.96 bits per heavy atom. The quantitative estimate of drug-likeness (QED) is 0.543. The second-order valence-corrected chi connectivity index (χ2v) is 7.35. The summed E-state index contributed by atoms with van der Waals surface area (Å²) in [5, 5.41) is 0. The van der Waals surface area contributed by atoms with E-state index >= 15 is 0 Å². The lowest BCUT2D eigenvalue weighted by molar-refractivity contribution is 0.102. The van der Waals surface area contributed by atoms with Crippen molar-refractivity contribution < 1.29 is 19.0 Å². The van der Waals surface area contributed by atoms with E-state index in [1.807, 2.05) is 38.1 Å². The fraction of sp³-hybridized carbons (Fsp3) is 0.450. The van der Waals surface area contributed by atoms with Gasteiger partial charge in [-0.15, -0.1) is 11.8 Å². The van der Waals surface area contributed by atoms with Crippen LogP contribution in [0.4, 0.5) is 0 Å². The van der Waals surface area contributed by atoms with Gasteiger partial charge < -0.3 is 18.8 Å². The SMILES string of the molecule is COCCn1c(C)cc(C(=O)CSc2ccc3c(c2)OCCCO3)c1C. The molecule has 0 saturated heterocycles. The summed E-state index contributed by atoms with van der Waals surface area (Å²) >= 11 is 1.53. The molecular weight excluding hydrogens is 350 g/mol. The lowest BCUT2D eigenvalue weighted by Crippen LogP contribution is -2.09. The second-order valence-electron chi connectivity index (χ2n) is 6.30. The minimum absolute atomic E-state index is 0.138. The van der Waals surface area contributed by atoms with E-state index in [1.54, 1.807) is 7.11 Å². The number of ether oxygens (including phenoxy) is 3. The van der Waals surface area contributed by atoms with Crippen molar-refractivity contribution in [1.29, 1.82) is 0 Å². The Labute approximate surface area is 158 Å². The van der Waals surface area contributed by atoms with Crippen LogP contribution in [0, 0.1) is 13.8 Å². The van der Waals surface area contributed by atoms with Gasteiger partial charge in [0.1, 0.15) is 0 Å². The monoisotopic (exact) mass is 375 g/mol. The van der Waals surface area contributed by atoms with Crippen LogP contribution >= 0.6 is 11.8 Å². The first kappa shape index (κ1) is 18.9. The molecule has 0 fully saturated rings. The molecular formula is C20H25NO4S. The van der Waals surface area contributed by atoms with E-state index < -0.39 is 0 Å². The minimum atomic E-state index is 0.138. The number of aryl methyl sites for hydroxylation is 1. The number of hydrogen-bond acceptors (Lipinski definition) is 5. The Balaban J connectivity index is 1.67. The van der Waals surface area contributed by atoms with Gasteiger partial charge in [-0.05, 0) is 38.1 Å². The predicted octanol–water partition coefficient (Wildman–Crippen LogP) is 3.89. The number of fused-ring (bicyclic) bond motifs is 1. The molecule has 0 aliphatic carbocycles. The first-order valence-corrected chi connectivity index (χ1v) is 9.80. The van der Waals surface area contributed by atoms with Crippen LogP contribution in [0.3, 0.4) is 0 Å². The molecule has 26 heavy (non-hydrogen) atoms. The van der Waals surface area contributed by atoms with Gasteiger partial charge in [-0.2, -0.15) is 0 Å². The predicted molar refractivity (Wildman–Crippen MR) is 103 cm³/mol. The molecule has 0 amide bonds. The number of methoxy groups -OCH3 is 1. The maximum absolute atomic E-state index is 12.7. The van der Waals surface area contributed by atoms with Crippen LogP contribution in [0.15, 0.2) is 29.2 Å². The molecule has 6 heteroatoms. The third kappa shape index (κ3) is 4.24. The molecule has 0 atom stereocenters. The van der Waals surface area contributed by atoms with Gasteiger partial charge >= 0.3 is 0 Å². The Hall–Kier alpha value is -1.92. The zero-order valence-corrected chi connectivity index (χ0v) is 16.4. The number of thioether (sulfide) groups is 1. The van der Waals surface area contributed by atoms with Crippen molar-refractivity contribution in [2.45, 2.75) is 31.7 Å². The maximum atomic E-state index is 12.7. The molecule has 1 aromatic heterocycles. The number of hydrogen-bond donors (Lipinski definition) is 0. The van der Waals surface area contributed by atoms with Gasteiger partial charge in [0.25, 0.3) is 0 Å². The summed E-state index contributed by atoms with van der Waals surface area (Å²) in [5.74, 6) is 2.07. The normalized spacial score (nSPS) is 13.5. The summed E-state index contributed by atoms with van der Waals surface area (Å²) in [5.41, 5.74) is 2.88. The highest BCUT2D eigenvalue weighted by atomic mass is 32.2. The van der Waals surface area contributed by atoms with E-state index in [2.05, 4.69) is 4.57 Å². The Morgan fingerprint density at radius 3 is 2.73 bits per heavy atom. The zero-order valence-electron chi connectivity index (χ0n) is 15.5.